The Bertz CT molecular complexity index is 1220. The molecular formula is C27H25F3O5. The molecule has 0 amide bonds. The molecule has 0 spiro atoms. The number of alkyl halides is 3. The van der Waals surface area contributed by atoms with E-state index in [1.54, 1.807) is 45.0 Å². The summed E-state index contributed by atoms with van der Waals surface area (Å²) in [5.74, 6) is -3.10. The minimum Gasteiger partial charge on any atom is -0.506 e. The fourth-order valence-corrected chi connectivity index (χ4v) is 3.59. The van der Waals surface area contributed by atoms with E-state index in [1.807, 2.05) is 24.3 Å². The van der Waals surface area contributed by atoms with E-state index in [9.17, 15) is 27.9 Å². The maximum absolute atomic E-state index is 13.3. The largest absolute Gasteiger partial charge is 0.506 e. The monoisotopic (exact) mass is 486 g/mol. The molecular weight excluding hydrogens is 461 g/mol. The molecule has 0 saturated carbocycles. The molecule has 35 heavy (non-hydrogen) atoms. The summed E-state index contributed by atoms with van der Waals surface area (Å²) in [6, 6.07) is 16.2. The number of ether oxygens (including phenoxy) is 1. The van der Waals surface area contributed by atoms with E-state index >= 15 is 0 Å². The van der Waals surface area contributed by atoms with E-state index in [-0.39, 0.29) is 18.4 Å². The predicted molar refractivity (Wildman–Crippen MR) is 124 cm³/mol. The van der Waals surface area contributed by atoms with E-state index in [0.29, 0.717) is 11.1 Å². The number of carbonyl (C=O) groups excluding carboxylic acids is 1. The lowest BCUT2D eigenvalue weighted by Gasteiger charge is -2.22. The molecule has 0 radical (unpaired) electrons. The first-order valence-corrected chi connectivity index (χ1v) is 10.8. The number of phenols is 1. The molecule has 2 N–H and O–H groups in total. The molecule has 8 heteroatoms. The van der Waals surface area contributed by atoms with Gasteiger partial charge in [-0.15, -0.1) is 0 Å². The van der Waals surface area contributed by atoms with Gasteiger partial charge in [0, 0.05) is 0 Å². The van der Waals surface area contributed by atoms with E-state index in [2.05, 4.69) is 0 Å². The zero-order valence-corrected chi connectivity index (χ0v) is 19.4. The molecule has 5 nitrogen and oxygen atoms in total. The van der Waals surface area contributed by atoms with Crippen molar-refractivity contribution < 1.29 is 37.7 Å². The van der Waals surface area contributed by atoms with Crippen LogP contribution in [0.5, 0.6) is 5.75 Å². The van der Waals surface area contributed by atoms with Crippen LogP contribution in [0.4, 0.5) is 13.2 Å². The summed E-state index contributed by atoms with van der Waals surface area (Å²) < 4.78 is 45.3. The Morgan fingerprint density at radius 2 is 1.34 bits per heavy atom. The summed E-state index contributed by atoms with van der Waals surface area (Å²) in [6.45, 7) is 4.76. The van der Waals surface area contributed by atoms with Crippen LogP contribution in [0.3, 0.4) is 0 Å². The number of hydrogen-bond acceptors (Lipinski definition) is 4. The normalized spacial score (nSPS) is 11.8. The van der Waals surface area contributed by atoms with Crippen LogP contribution in [0.15, 0.2) is 60.7 Å². The predicted octanol–water partition coefficient (Wildman–Crippen LogP) is 6.25. The molecule has 0 aliphatic carbocycles. The molecule has 3 aromatic carbocycles. The van der Waals surface area contributed by atoms with Crippen molar-refractivity contribution >= 4 is 11.9 Å². The van der Waals surface area contributed by atoms with Gasteiger partial charge in [0.15, 0.2) is 0 Å². The minimum absolute atomic E-state index is 0.0703. The first-order chi connectivity index (χ1) is 16.2. The smallest absolute Gasteiger partial charge is 0.419 e. The highest BCUT2D eigenvalue weighted by Crippen LogP contribution is 2.40. The molecule has 0 aliphatic heterocycles. The zero-order valence-electron chi connectivity index (χ0n) is 19.4. The standard InChI is InChI=1S/C27H25F3O5/c1-26(2,3)35-25(34)23-20(12-13-21(24(23)33)27(28,29)30)14-16-4-8-18(9-5-16)19-10-6-17(7-11-19)15-22(31)32/h4-13,33H,14-15H2,1-3H3,(H,31,32). The average Bonchev–Trinajstić information content (AvgIpc) is 2.72. The number of halogens is 3. The number of benzene rings is 3. The Balaban J connectivity index is 1.91. The summed E-state index contributed by atoms with van der Waals surface area (Å²) in [5, 5.41) is 19.2. The van der Waals surface area contributed by atoms with Crippen LogP contribution >= 0.6 is 0 Å². The summed E-state index contributed by atoms with van der Waals surface area (Å²) in [4.78, 5) is 23.6. The quantitative estimate of drug-likeness (QED) is 0.403. The van der Waals surface area contributed by atoms with E-state index in [1.165, 1.54) is 6.07 Å². The van der Waals surface area contributed by atoms with Gasteiger partial charge in [-0.2, -0.15) is 13.2 Å². The molecule has 0 heterocycles. The highest BCUT2D eigenvalue weighted by atomic mass is 19.4. The van der Waals surface area contributed by atoms with Crippen molar-refractivity contribution in [2.24, 2.45) is 0 Å². The molecule has 0 bridgehead atoms. The van der Waals surface area contributed by atoms with Gasteiger partial charge in [0.05, 0.1) is 12.0 Å². The molecule has 0 fully saturated rings. The van der Waals surface area contributed by atoms with Crippen molar-refractivity contribution in [3.63, 3.8) is 0 Å². The van der Waals surface area contributed by atoms with Crippen LogP contribution in [0.1, 0.15) is 53.4 Å². The fourth-order valence-electron chi connectivity index (χ4n) is 3.59. The topological polar surface area (TPSA) is 83.8 Å². The van der Waals surface area contributed by atoms with Crippen molar-refractivity contribution in [3.8, 4) is 16.9 Å². The Kier molecular flexibility index (Phi) is 7.24. The third-order valence-corrected chi connectivity index (χ3v) is 5.16. The maximum atomic E-state index is 13.3. The van der Waals surface area contributed by atoms with Gasteiger partial charge in [-0.3, -0.25) is 4.79 Å². The number of hydrogen-bond donors (Lipinski definition) is 2. The molecule has 3 aromatic rings. The van der Waals surface area contributed by atoms with Crippen LogP contribution in [0.25, 0.3) is 11.1 Å². The highest BCUT2D eigenvalue weighted by molar-refractivity contribution is 5.95. The van der Waals surface area contributed by atoms with Gasteiger partial charge in [0.1, 0.15) is 16.9 Å². The Morgan fingerprint density at radius 1 is 0.829 bits per heavy atom. The average molecular weight is 486 g/mol. The number of carboxylic acids is 1. The molecule has 0 atom stereocenters. The van der Waals surface area contributed by atoms with Gasteiger partial charge in [-0.05, 0) is 61.1 Å². The van der Waals surface area contributed by atoms with Crippen LogP contribution in [-0.4, -0.2) is 27.8 Å². The van der Waals surface area contributed by atoms with Crippen molar-refractivity contribution in [3.05, 3.63) is 88.5 Å². The fraction of sp³-hybridized carbons (Fsp3) is 0.259. The highest BCUT2D eigenvalue weighted by Gasteiger charge is 2.37. The minimum atomic E-state index is -4.83. The van der Waals surface area contributed by atoms with Gasteiger partial charge in [-0.1, -0.05) is 54.6 Å². The van der Waals surface area contributed by atoms with Crippen molar-refractivity contribution in [1.82, 2.24) is 0 Å². The lowest BCUT2D eigenvalue weighted by Crippen LogP contribution is -2.25. The maximum Gasteiger partial charge on any atom is 0.419 e. The Hall–Kier alpha value is -3.81. The van der Waals surface area contributed by atoms with E-state index < -0.39 is 40.6 Å². The number of aromatic hydroxyl groups is 1. The van der Waals surface area contributed by atoms with Gasteiger partial charge in [-0.25, -0.2) is 4.79 Å². The second-order valence-electron chi connectivity index (χ2n) is 9.14. The summed E-state index contributed by atoms with van der Waals surface area (Å²) in [6.07, 6.45) is -4.81. The lowest BCUT2D eigenvalue weighted by molar-refractivity contribution is -0.139. The third kappa shape index (κ3) is 6.62. The summed E-state index contributed by atoms with van der Waals surface area (Å²) in [7, 11) is 0. The molecule has 0 aromatic heterocycles. The second-order valence-corrected chi connectivity index (χ2v) is 9.14. The SMILES string of the molecule is CC(C)(C)OC(=O)c1c(Cc2ccc(-c3ccc(CC(=O)O)cc3)cc2)ccc(C(F)(F)F)c1O. The Labute approximate surface area is 200 Å². The van der Waals surface area contributed by atoms with Gasteiger partial charge >= 0.3 is 18.1 Å². The first-order valence-electron chi connectivity index (χ1n) is 10.8. The second kappa shape index (κ2) is 9.82. The van der Waals surface area contributed by atoms with E-state index in [0.717, 1.165) is 17.2 Å². The number of carbonyl (C=O) groups is 2. The number of esters is 1. The first kappa shape index (κ1) is 25.8. The van der Waals surface area contributed by atoms with Crippen molar-refractivity contribution in [2.75, 3.05) is 0 Å². The van der Waals surface area contributed by atoms with Crippen LogP contribution < -0.4 is 0 Å². The molecule has 0 aliphatic rings. The summed E-state index contributed by atoms with van der Waals surface area (Å²) in [5.41, 5.74) is 0.545. The van der Waals surface area contributed by atoms with Crippen LogP contribution in [0, 0.1) is 0 Å². The number of carboxylic acid groups (broad SMARTS) is 1. The third-order valence-electron chi connectivity index (χ3n) is 5.16. The van der Waals surface area contributed by atoms with Gasteiger partial charge in [0.25, 0.3) is 0 Å². The zero-order chi connectivity index (χ0) is 26.0. The molecule has 0 unspecified atom stereocenters. The molecule has 184 valence electrons. The number of rotatable bonds is 6. The van der Waals surface area contributed by atoms with Crippen LogP contribution in [0.2, 0.25) is 0 Å². The van der Waals surface area contributed by atoms with Crippen molar-refractivity contribution in [1.29, 1.82) is 0 Å². The Morgan fingerprint density at radius 3 is 1.80 bits per heavy atom. The molecule has 3 rings (SSSR count). The lowest BCUT2D eigenvalue weighted by atomic mass is 9.94. The number of phenolic OH excluding ortho intramolecular Hbond substituents is 1. The van der Waals surface area contributed by atoms with Gasteiger partial charge < -0.3 is 14.9 Å². The molecule has 0 saturated heterocycles. The van der Waals surface area contributed by atoms with Crippen molar-refractivity contribution in [2.45, 2.75) is 45.4 Å². The van der Waals surface area contributed by atoms with E-state index in [4.69, 9.17) is 9.84 Å². The van der Waals surface area contributed by atoms with Crippen LogP contribution in [-0.2, 0) is 28.5 Å². The number of aliphatic carboxylic acids is 1. The summed E-state index contributed by atoms with van der Waals surface area (Å²) >= 11 is 0. The van der Waals surface area contributed by atoms with Gasteiger partial charge in [0.2, 0.25) is 0 Å².